The average molecular weight is 373 g/mol. The number of carbonyl (C=O) groups excluding carboxylic acids is 2. The molecule has 2 aliphatic heterocycles. The van der Waals surface area contributed by atoms with Crippen LogP contribution in [-0.2, 0) is 9.47 Å². The Morgan fingerprint density at radius 3 is 1.19 bits per heavy atom. The lowest BCUT2D eigenvalue weighted by Crippen LogP contribution is -2.65. The van der Waals surface area contributed by atoms with Crippen molar-refractivity contribution in [2.45, 2.75) is 90.8 Å². The highest BCUT2D eigenvalue weighted by atomic mass is 16.6. The van der Waals surface area contributed by atoms with Crippen molar-refractivity contribution >= 4 is 12.2 Å². The molecule has 0 aromatic heterocycles. The van der Waals surface area contributed by atoms with Crippen LogP contribution in [0.15, 0.2) is 0 Å². The highest BCUT2D eigenvalue weighted by molar-refractivity contribution is 5.70. The summed E-state index contributed by atoms with van der Waals surface area (Å²) in [5.41, 5.74) is 10.5. The summed E-state index contributed by atoms with van der Waals surface area (Å²) >= 11 is 0. The van der Waals surface area contributed by atoms with Crippen LogP contribution in [0, 0.1) is 0 Å². The van der Waals surface area contributed by atoms with E-state index in [9.17, 15) is 9.59 Å². The van der Waals surface area contributed by atoms with Crippen LogP contribution in [0.1, 0.15) is 55.4 Å². The first-order chi connectivity index (χ1) is 11.6. The smallest absolute Gasteiger partial charge is 0.410 e. The Morgan fingerprint density at radius 2 is 1.04 bits per heavy atom. The molecule has 8 nitrogen and oxygen atoms in total. The third kappa shape index (κ3) is 6.32. The molecule has 0 bridgehead atoms. The molecule has 26 heavy (non-hydrogen) atoms. The lowest BCUT2D eigenvalue weighted by atomic mass is 10.0. The number of hydrogen-bond donors (Lipinski definition) is 2. The monoisotopic (exact) mass is 372 g/mol. The van der Waals surface area contributed by atoms with E-state index in [2.05, 4.69) is 0 Å². The van der Waals surface area contributed by atoms with Crippen molar-refractivity contribution in [1.82, 2.24) is 9.80 Å². The lowest BCUT2D eigenvalue weighted by molar-refractivity contribution is -0.00946. The number of nitrogens with zero attached hydrogens (tertiary/aromatic N) is 2. The molecule has 2 amide bonds. The van der Waals surface area contributed by atoms with Gasteiger partial charge >= 0.3 is 12.2 Å². The van der Waals surface area contributed by atoms with Crippen molar-refractivity contribution in [2.24, 2.45) is 11.5 Å². The van der Waals surface area contributed by atoms with Gasteiger partial charge in [0.15, 0.2) is 0 Å². The number of amides is 2. The summed E-state index contributed by atoms with van der Waals surface area (Å²) in [6, 6.07) is 0.421. The molecule has 2 rings (SSSR count). The van der Waals surface area contributed by atoms with Crippen LogP contribution in [0.3, 0.4) is 0 Å². The summed E-state index contributed by atoms with van der Waals surface area (Å²) in [6.45, 7) is 16.2. The van der Waals surface area contributed by atoms with Crippen molar-refractivity contribution in [2.75, 3.05) is 13.1 Å². The Bertz CT molecular complexity index is 466. The third-order valence-corrected chi connectivity index (χ3v) is 4.29. The first-order valence-corrected chi connectivity index (χ1v) is 9.13. The number of hydrogen-bond acceptors (Lipinski definition) is 6. The van der Waals surface area contributed by atoms with Crippen molar-refractivity contribution < 1.29 is 19.1 Å². The summed E-state index contributed by atoms with van der Waals surface area (Å²) in [5, 5.41) is 0. The molecular formula is C18H36N4O4. The Kier molecular flexibility index (Phi) is 6.92. The lowest BCUT2D eigenvalue weighted by Gasteiger charge is -2.44. The molecule has 0 aromatic carbocycles. The molecule has 152 valence electrons. The van der Waals surface area contributed by atoms with Gasteiger partial charge in [0.25, 0.3) is 0 Å². The zero-order valence-electron chi connectivity index (χ0n) is 17.4. The Morgan fingerprint density at radius 1 is 0.769 bits per heavy atom. The molecule has 8 heteroatoms. The molecule has 2 fully saturated rings. The first kappa shape index (κ1) is 22.5. The second-order valence-corrected chi connectivity index (χ2v) is 9.07. The Balaban J connectivity index is 0.000000260. The summed E-state index contributed by atoms with van der Waals surface area (Å²) in [5.74, 6) is 0. The maximum Gasteiger partial charge on any atom is 0.410 e. The van der Waals surface area contributed by atoms with Crippen molar-refractivity contribution in [3.05, 3.63) is 0 Å². The van der Waals surface area contributed by atoms with Crippen molar-refractivity contribution in [3.8, 4) is 0 Å². The normalized spacial score (nSPS) is 28.2. The van der Waals surface area contributed by atoms with Gasteiger partial charge in [0.2, 0.25) is 0 Å². The van der Waals surface area contributed by atoms with Gasteiger partial charge in [-0.2, -0.15) is 0 Å². The number of ether oxygens (including phenoxy) is 2. The van der Waals surface area contributed by atoms with E-state index in [1.165, 1.54) is 0 Å². The van der Waals surface area contributed by atoms with E-state index in [4.69, 9.17) is 20.9 Å². The highest BCUT2D eigenvalue weighted by Crippen LogP contribution is 2.20. The van der Waals surface area contributed by atoms with E-state index in [-0.39, 0.29) is 36.4 Å². The largest absolute Gasteiger partial charge is 0.444 e. The van der Waals surface area contributed by atoms with Crippen LogP contribution in [0.25, 0.3) is 0 Å². The maximum atomic E-state index is 11.4. The van der Waals surface area contributed by atoms with E-state index < -0.39 is 11.2 Å². The first-order valence-electron chi connectivity index (χ1n) is 9.13. The van der Waals surface area contributed by atoms with Gasteiger partial charge in [-0.05, 0) is 55.4 Å². The van der Waals surface area contributed by atoms with Gasteiger partial charge in [-0.25, -0.2) is 9.59 Å². The molecular weight excluding hydrogens is 336 g/mol. The van der Waals surface area contributed by atoms with Crippen LogP contribution in [0.5, 0.6) is 0 Å². The molecule has 2 aliphatic rings. The van der Waals surface area contributed by atoms with Crippen LogP contribution < -0.4 is 11.5 Å². The van der Waals surface area contributed by atoms with E-state index in [1.54, 1.807) is 9.80 Å². The summed E-state index contributed by atoms with van der Waals surface area (Å²) < 4.78 is 10.4. The minimum Gasteiger partial charge on any atom is -0.444 e. The molecule has 2 saturated heterocycles. The minimum atomic E-state index is -0.420. The minimum absolute atomic E-state index is 0.104. The fourth-order valence-electron chi connectivity index (χ4n) is 2.40. The molecule has 0 radical (unpaired) electrons. The molecule has 4 atom stereocenters. The van der Waals surface area contributed by atoms with Crippen molar-refractivity contribution in [3.63, 3.8) is 0 Å². The van der Waals surface area contributed by atoms with Gasteiger partial charge in [0.05, 0.1) is 0 Å². The quantitative estimate of drug-likeness (QED) is 0.672. The molecule has 0 aliphatic carbocycles. The van der Waals surface area contributed by atoms with Gasteiger partial charge in [-0.15, -0.1) is 0 Å². The fourth-order valence-corrected chi connectivity index (χ4v) is 2.40. The number of rotatable bonds is 0. The van der Waals surface area contributed by atoms with Crippen molar-refractivity contribution in [1.29, 1.82) is 0 Å². The van der Waals surface area contributed by atoms with Gasteiger partial charge in [0, 0.05) is 37.3 Å². The van der Waals surface area contributed by atoms with Crippen LogP contribution in [0.4, 0.5) is 9.59 Å². The second-order valence-electron chi connectivity index (χ2n) is 9.07. The zero-order chi connectivity index (χ0) is 20.4. The van der Waals surface area contributed by atoms with Gasteiger partial charge < -0.3 is 30.7 Å². The summed E-state index contributed by atoms with van der Waals surface area (Å²) in [7, 11) is 0. The highest BCUT2D eigenvalue weighted by Gasteiger charge is 2.39. The van der Waals surface area contributed by atoms with Crippen LogP contribution >= 0.6 is 0 Å². The SMILES string of the molecule is C[C@@H]1[C@H](N)CN1C(=O)OC(C)(C)C.C[C@H]1[C@@H](N)CN1C(=O)OC(C)(C)C. The number of nitrogens with two attached hydrogens (primary N) is 2. The second kappa shape index (κ2) is 8.00. The van der Waals surface area contributed by atoms with E-state index in [0.29, 0.717) is 13.1 Å². The zero-order valence-corrected chi connectivity index (χ0v) is 17.4. The topological polar surface area (TPSA) is 111 Å². The Labute approximate surface area is 157 Å². The fraction of sp³-hybridized carbons (Fsp3) is 0.889. The molecule has 4 N–H and O–H groups in total. The standard InChI is InChI=1S/2C9H18N2O2/c2*1-6-7(10)5-11(6)8(12)13-9(2,3)4/h2*6-7H,5,10H2,1-4H3/t2*6-,7-/m10/s1. The molecule has 0 spiro atoms. The summed E-state index contributed by atoms with van der Waals surface area (Å²) in [4.78, 5) is 26.2. The predicted octanol–water partition coefficient (Wildman–Crippen LogP) is 1.91. The maximum absolute atomic E-state index is 11.4. The van der Waals surface area contributed by atoms with Gasteiger partial charge in [0.1, 0.15) is 11.2 Å². The van der Waals surface area contributed by atoms with E-state index in [1.807, 2.05) is 55.4 Å². The van der Waals surface area contributed by atoms with Crippen LogP contribution in [0.2, 0.25) is 0 Å². The predicted molar refractivity (Wildman–Crippen MR) is 101 cm³/mol. The molecule has 0 aromatic rings. The van der Waals surface area contributed by atoms with Gasteiger partial charge in [-0.1, -0.05) is 0 Å². The van der Waals surface area contributed by atoms with E-state index in [0.717, 1.165) is 0 Å². The third-order valence-electron chi connectivity index (χ3n) is 4.29. The average Bonchev–Trinajstić information content (AvgIpc) is 2.46. The number of carbonyl (C=O) groups is 2. The van der Waals surface area contributed by atoms with E-state index >= 15 is 0 Å². The molecule has 0 saturated carbocycles. The summed E-state index contributed by atoms with van der Waals surface area (Å²) in [6.07, 6.45) is -0.525. The molecule has 2 heterocycles. The molecule has 0 unspecified atom stereocenters. The van der Waals surface area contributed by atoms with Gasteiger partial charge in [-0.3, -0.25) is 0 Å². The number of likely N-dealkylation sites (tertiary alicyclic amines) is 2. The van der Waals surface area contributed by atoms with Crippen LogP contribution in [-0.4, -0.2) is 70.4 Å². The Hall–Kier alpha value is -1.54.